The van der Waals surface area contributed by atoms with E-state index >= 15 is 0 Å². The molecular weight excluding hydrogens is 390 g/mol. The highest BCUT2D eigenvalue weighted by atomic mass is 79.9. The molecule has 2 aliphatic rings. The van der Waals surface area contributed by atoms with Gasteiger partial charge in [0.15, 0.2) is 5.78 Å². The van der Waals surface area contributed by atoms with Gasteiger partial charge in [0.05, 0.1) is 0 Å². The number of Topliss-reactive ketones (excluding diaryl/α,β-unsaturated/α-hetero) is 1. The lowest BCUT2D eigenvalue weighted by atomic mass is 9.92. The lowest BCUT2D eigenvalue weighted by Gasteiger charge is -2.17. The summed E-state index contributed by atoms with van der Waals surface area (Å²) in [7, 11) is 0. The predicted molar refractivity (Wildman–Crippen MR) is 109 cm³/mol. The minimum atomic E-state index is -0.125. The first kappa shape index (κ1) is 18.8. The number of amides is 1. The molecule has 0 heterocycles. The van der Waals surface area contributed by atoms with Gasteiger partial charge < -0.3 is 5.32 Å². The molecular formula is C22H24BrNO2. The minimum absolute atomic E-state index is 0.103. The first-order valence-corrected chi connectivity index (χ1v) is 9.78. The first-order valence-electron chi connectivity index (χ1n) is 8.99. The number of ketones is 1. The van der Waals surface area contributed by atoms with Crippen molar-refractivity contribution >= 4 is 33.2 Å². The second-order valence-electron chi connectivity index (χ2n) is 7.43. The molecule has 3 rings (SSSR count). The Morgan fingerprint density at radius 1 is 1.27 bits per heavy atom. The van der Waals surface area contributed by atoms with E-state index in [9.17, 15) is 9.59 Å². The van der Waals surface area contributed by atoms with Crippen LogP contribution in [0.4, 0.5) is 0 Å². The SMILES string of the molecule is CC1=CC(C)=C(CNC(=O)c2cc(Br)cc3c2CC=C3C(C)C)C(=O)C1. The molecule has 0 aromatic heterocycles. The van der Waals surface area contributed by atoms with Crippen LogP contribution < -0.4 is 5.32 Å². The van der Waals surface area contributed by atoms with Gasteiger partial charge in [0.1, 0.15) is 0 Å². The average molecular weight is 414 g/mol. The zero-order valence-corrected chi connectivity index (χ0v) is 17.3. The average Bonchev–Trinajstić information content (AvgIpc) is 2.96. The number of halogens is 1. The minimum Gasteiger partial charge on any atom is -0.348 e. The number of nitrogens with one attached hydrogen (secondary N) is 1. The van der Waals surface area contributed by atoms with E-state index in [-0.39, 0.29) is 18.2 Å². The van der Waals surface area contributed by atoms with Gasteiger partial charge in [0.25, 0.3) is 5.91 Å². The molecule has 1 amide bonds. The Labute approximate surface area is 163 Å². The van der Waals surface area contributed by atoms with Crippen LogP contribution in [0.3, 0.4) is 0 Å². The van der Waals surface area contributed by atoms with E-state index in [1.165, 1.54) is 5.57 Å². The summed E-state index contributed by atoms with van der Waals surface area (Å²) in [6.45, 7) is 8.50. The number of benzene rings is 1. The lowest BCUT2D eigenvalue weighted by molar-refractivity contribution is -0.115. The summed E-state index contributed by atoms with van der Waals surface area (Å²) in [5.74, 6) is 0.399. The topological polar surface area (TPSA) is 46.2 Å². The van der Waals surface area contributed by atoms with Crippen LogP contribution in [-0.4, -0.2) is 18.2 Å². The Balaban J connectivity index is 1.83. The molecule has 2 aliphatic carbocycles. The van der Waals surface area contributed by atoms with Gasteiger partial charge in [0, 0.05) is 28.6 Å². The fourth-order valence-electron chi connectivity index (χ4n) is 3.78. The number of hydrogen-bond acceptors (Lipinski definition) is 2. The Hall–Kier alpha value is -1.94. The van der Waals surface area contributed by atoms with Gasteiger partial charge in [0.2, 0.25) is 0 Å². The lowest BCUT2D eigenvalue weighted by Crippen LogP contribution is -2.30. The third-order valence-electron chi connectivity index (χ3n) is 5.06. The van der Waals surface area contributed by atoms with E-state index in [0.717, 1.165) is 33.2 Å². The highest BCUT2D eigenvalue weighted by molar-refractivity contribution is 9.10. The van der Waals surface area contributed by atoms with Crippen LogP contribution in [0.5, 0.6) is 0 Å². The predicted octanol–water partition coefficient (Wildman–Crippen LogP) is 5.01. The zero-order chi connectivity index (χ0) is 19.0. The summed E-state index contributed by atoms with van der Waals surface area (Å²) in [6.07, 6.45) is 5.46. The molecule has 0 fully saturated rings. The largest absolute Gasteiger partial charge is 0.348 e. The fraction of sp³-hybridized carbons (Fsp3) is 0.364. The molecule has 0 saturated carbocycles. The molecule has 0 unspecified atom stereocenters. The van der Waals surface area contributed by atoms with Gasteiger partial charge in [-0.25, -0.2) is 0 Å². The molecule has 4 heteroatoms. The van der Waals surface area contributed by atoms with Crippen LogP contribution in [0.2, 0.25) is 0 Å². The summed E-state index contributed by atoms with van der Waals surface area (Å²) < 4.78 is 0.901. The number of allylic oxidation sites excluding steroid dienone is 5. The monoisotopic (exact) mass is 413 g/mol. The van der Waals surface area contributed by atoms with E-state index in [1.807, 2.05) is 26.0 Å². The van der Waals surface area contributed by atoms with Crippen molar-refractivity contribution in [2.24, 2.45) is 5.92 Å². The van der Waals surface area contributed by atoms with Crippen molar-refractivity contribution in [1.29, 1.82) is 0 Å². The van der Waals surface area contributed by atoms with Crippen molar-refractivity contribution in [3.05, 3.63) is 62.2 Å². The molecule has 0 saturated heterocycles. The molecule has 0 aliphatic heterocycles. The Morgan fingerprint density at radius 2 is 2.00 bits per heavy atom. The molecule has 1 N–H and O–H groups in total. The van der Waals surface area contributed by atoms with E-state index in [1.54, 1.807) is 0 Å². The summed E-state index contributed by atoms with van der Waals surface area (Å²) in [5.41, 5.74) is 6.93. The molecule has 3 nitrogen and oxygen atoms in total. The van der Waals surface area contributed by atoms with Gasteiger partial charge in [-0.05, 0) is 60.6 Å². The Bertz CT molecular complexity index is 888. The molecule has 136 valence electrons. The molecule has 0 spiro atoms. The highest BCUT2D eigenvalue weighted by Crippen LogP contribution is 2.36. The van der Waals surface area contributed by atoms with Crippen LogP contribution in [-0.2, 0) is 11.2 Å². The number of hydrogen-bond donors (Lipinski definition) is 1. The Kier molecular flexibility index (Phi) is 5.33. The summed E-state index contributed by atoms with van der Waals surface area (Å²) >= 11 is 3.54. The van der Waals surface area contributed by atoms with E-state index in [0.29, 0.717) is 23.5 Å². The van der Waals surface area contributed by atoms with Crippen molar-refractivity contribution in [2.45, 2.75) is 40.5 Å². The third kappa shape index (κ3) is 3.61. The maximum absolute atomic E-state index is 12.8. The van der Waals surface area contributed by atoms with Gasteiger partial charge >= 0.3 is 0 Å². The maximum Gasteiger partial charge on any atom is 0.251 e. The maximum atomic E-state index is 12.8. The second-order valence-corrected chi connectivity index (χ2v) is 8.35. The molecule has 0 atom stereocenters. The third-order valence-corrected chi connectivity index (χ3v) is 5.52. The fourth-order valence-corrected chi connectivity index (χ4v) is 4.23. The highest BCUT2D eigenvalue weighted by Gasteiger charge is 2.24. The number of rotatable bonds is 4. The smallest absolute Gasteiger partial charge is 0.251 e. The van der Waals surface area contributed by atoms with E-state index < -0.39 is 0 Å². The van der Waals surface area contributed by atoms with E-state index in [4.69, 9.17) is 0 Å². The Morgan fingerprint density at radius 3 is 2.65 bits per heavy atom. The second kappa shape index (κ2) is 7.36. The van der Waals surface area contributed by atoms with Crippen molar-refractivity contribution in [2.75, 3.05) is 6.54 Å². The standard InChI is InChI=1S/C22H24BrNO2/c1-12(2)16-5-6-17-18(16)9-15(23)10-19(17)22(26)24-11-20-14(4)7-13(3)8-21(20)25/h5,7,9-10,12H,6,8,11H2,1-4H3,(H,24,26). The van der Waals surface area contributed by atoms with E-state index in [2.05, 4.69) is 47.2 Å². The van der Waals surface area contributed by atoms with Gasteiger partial charge in [-0.2, -0.15) is 0 Å². The first-order chi connectivity index (χ1) is 12.3. The summed E-state index contributed by atoms with van der Waals surface area (Å²) in [4.78, 5) is 25.1. The van der Waals surface area contributed by atoms with Gasteiger partial charge in [-0.3, -0.25) is 9.59 Å². The summed E-state index contributed by atoms with van der Waals surface area (Å²) in [6, 6.07) is 3.97. The molecule has 1 aromatic rings. The van der Waals surface area contributed by atoms with Crippen LogP contribution >= 0.6 is 15.9 Å². The van der Waals surface area contributed by atoms with Crippen molar-refractivity contribution in [3.8, 4) is 0 Å². The number of carbonyl (C=O) groups excluding carboxylic acids is 2. The van der Waals surface area contributed by atoms with Crippen molar-refractivity contribution in [3.63, 3.8) is 0 Å². The van der Waals surface area contributed by atoms with Gasteiger partial charge in [-0.1, -0.05) is 47.5 Å². The molecule has 1 aromatic carbocycles. The van der Waals surface area contributed by atoms with Crippen molar-refractivity contribution < 1.29 is 9.59 Å². The van der Waals surface area contributed by atoms with Crippen LogP contribution in [0.1, 0.15) is 55.6 Å². The summed E-state index contributed by atoms with van der Waals surface area (Å²) in [5, 5.41) is 2.95. The number of fused-ring (bicyclic) bond motifs is 1. The molecule has 0 radical (unpaired) electrons. The molecule has 26 heavy (non-hydrogen) atoms. The quantitative estimate of drug-likeness (QED) is 0.753. The van der Waals surface area contributed by atoms with Crippen LogP contribution in [0.25, 0.3) is 5.57 Å². The van der Waals surface area contributed by atoms with Gasteiger partial charge in [-0.15, -0.1) is 0 Å². The molecule has 0 bridgehead atoms. The van der Waals surface area contributed by atoms with Crippen LogP contribution in [0, 0.1) is 5.92 Å². The van der Waals surface area contributed by atoms with Crippen LogP contribution in [0.15, 0.2) is 45.5 Å². The number of carbonyl (C=O) groups is 2. The van der Waals surface area contributed by atoms with Crippen molar-refractivity contribution in [1.82, 2.24) is 5.32 Å². The zero-order valence-electron chi connectivity index (χ0n) is 15.7. The normalized spacial score (nSPS) is 16.6.